The van der Waals surface area contributed by atoms with Gasteiger partial charge in [-0.05, 0) is 41.8 Å². The third kappa shape index (κ3) is 4.94. The number of carbonyl (C=O) groups is 2. The Morgan fingerprint density at radius 1 is 1.03 bits per heavy atom. The Kier molecular flexibility index (Phi) is 6.32. The second-order valence-corrected chi connectivity index (χ2v) is 8.25. The van der Waals surface area contributed by atoms with Gasteiger partial charge < -0.3 is 10.2 Å². The lowest BCUT2D eigenvalue weighted by molar-refractivity contribution is -0.128. The quantitative estimate of drug-likeness (QED) is 0.587. The van der Waals surface area contributed by atoms with Crippen molar-refractivity contribution >= 4 is 29.3 Å². The van der Waals surface area contributed by atoms with Crippen LogP contribution in [-0.4, -0.2) is 29.0 Å². The number of thioether (sulfide) groups is 1. The largest absolute Gasteiger partial charge is 0.326 e. The van der Waals surface area contributed by atoms with E-state index in [1.807, 2.05) is 47.4 Å². The maximum Gasteiger partial charge on any atom is 0.255 e. The minimum absolute atomic E-state index is 0.0838. The van der Waals surface area contributed by atoms with E-state index in [-0.39, 0.29) is 17.0 Å². The average Bonchev–Trinajstić information content (AvgIpc) is 3.15. The van der Waals surface area contributed by atoms with Crippen molar-refractivity contribution in [3.63, 3.8) is 0 Å². The highest BCUT2D eigenvalue weighted by atomic mass is 32.2. The Morgan fingerprint density at radius 3 is 2.48 bits per heavy atom. The molecule has 1 heterocycles. The third-order valence-electron chi connectivity index (χ3n) is 5.09. The van der Waals surface area contributed by atoms with Gasteiger partial charge in [-0.1, -0.05) is 42.5 Å². The molecule has 0 saturated carbocycles. The van der Waals surface area contributed by atoms with Crippen LogP contribution in [0.1, 0.15) is 26.9 Å². The Hall–Kier alpha value is -3.19. The molecule has 1 atom stereocenters. The van der Waals surface area contributed by atoms with E-state index in [4.69, 9.17) is 0 Å². The second kappa shape index (κ2) is 9.31. The Morgan fingerprint density at radius 2 is 1.77 bits per heavy atom. The monoisotopic (exact) mass is 438 g/mol. The molecule has 1 aliphatic heterocycles. The van der Waals surface area contributed by atoms with Crippen LogP contribution in [0.2, 0.25) is 0 Å². The molecule has 3 aromatic carbocycles. The normalized spacial score (nSPS) is 15.9. The summed E-state index contributed by atoms with van der Waals surface area (Å²) in [7, 11) is 0. The Balaban J connectivity index is 1.43. The molecule has 2 amide bonds. The first kappa shape index (κ1) is 21.1. The van der Waals surface area contributed by atoms with E-state index < -0.39 is 17.5 Å². The van der Waals surface area contributed by atoms with Crippen LogP contribution in [0.15, 0.2) is 72.8 Å². The van der Waals surface area contributed by atoms with Crippen molar-refractivity contribution in [2.75, 3.05) is 17.6 Å². The first-order chi connectivity index (χ1) is 15.0. The zero-order chi connectivity index (χ0) is 21.8. The molecule has 4 nitrogen and oxygen atoms in total. The van der Waals surface area contributed by atoms with Crippen LogP contribution in [0.5, 0.6) is 0 Å². The van der Waals surface area contributed by atoms with E-state index in [2.05, 4.69) is 5.32 Å². The van der Waals surface area contributed by atoms with Gasteiger partial charge in [0.1, 0.15) is 17.0 Å². The molecule has 1 saturated heterocycles. The minimum atomic E-state index is -0.833. The maximum atomic E-state index is 13.8. The fourth-order valence-corrected chi connectivity index (χ4v) is 4.67. The number of halogens is 2. The Bertz CT molecular complexity index is 1090. The first-order valence-electron chi connectivity index (χ1n) is 9.82. The predicted molar refractivity (Wildman–Crippen MR) is 118 cm³/mol. The number of amides is 2. The highest BCUT2D eigenvalue weighted by molar-refractivity contribution is 8.00. The molecule has 31 heavy (non-hydrogen) atoms. The smallest absolute Gasteiger partial charge is 0.255 e. The van der Waals surface area contributed by atoms with Crippen LogP contribution < -0.4 is 5.32 Å². The van der Waals surface area contributed by atoms with Gasteiger partial charge >= 0.3 is 0 Å². The summed E-state index contributed by atoms with van der Waals surface area (Å²) in [5.74, 6) is -1.52. The molecule has 0 spiro atoms. The van der Waals surface area contributed by atoms with Gasteiger partial charge in [-0.25, -0.2) is 8.78 Å². The van der Waals surface area contributed by atoms with Crippen molar-refractivity contribution in [1.29, 1.82) is 0 Å². The summed E-state index contributed by atoms with van der Waals surface area (Å²) in [6, 6.07) is 19.9. The van der Waals surface area contributed by atoms with E-state index in [1.165, 1.54) is 11.6 Å². The fourth-order valence-electron chi connectivity index (χ4n) is 3.45. The first-order valence-corrected chi connectivity index (χ1v) is 10.9. The summed E-state index contributed by atoms with van der Waals surface area (Å²) < 4.78 is 26.8. The van der Waals surface area contributed by atoms with Gasteiger partial charge in [0.25, 0.3) is 5.91 Å². The van der Waals surface area contributed by atoms with Crippen molar-refractivity contribution in [3.05, 3.63) is 101 Å². The zero-order valence-electron chi connectivity index (χ0n) is 16.6. The molecule has 0 radical (unpaired) electrons. The SMILES string of the molecule is O=C(Nc1ccc(F)cc1F)c1ccc([C@H]2SCC(=O)N2CCc2ccccc2)cc1. The summed E-state index contributed by atoms with van der Waals surface area (Å²) in [6.07, 6.45) is 0.771. The van der Waals surface area contributed by atoms with Crippen molar-refractivity contribution in [3.8, 4) is 0 Å². The van der Waals surface area contributed by atoms with Crippen molar-refractivity contribution in [1.82, 2.24) is 4.90 Å². The summed E-state index contributed by atoms with van der Waals surface area (Å²) in [5, 5.41) is 2.34. The van der Waals surface area contributed by atoms with Gasteiger partial charge in [0.05, 0.1) is 11.4 Å². The van der Waals surface area contributed by atoms with Crippen LogP contribution >= 0.6 is 11.8 Å². The molecule has 0 unspecified atom stereocenters. The van der Waals surface area contributed by atoms with Crippen LogP contribution in [-0.2, 0) is 11.2 Å². The van der Waals surface area contributed by atoms with Crippen molar-refractivity contribution < 1.29 is 18.4 Å². The number of nitrogens with zero attached hydrogens (tertiary/aromatic N) is 1. The molecule has 7 heteroatoms. The molecule has 4 rings (SSSR count). The lowest BCUT2D eigenvalue weighted by Crippen LogP contribution is -2.30. The standard InChI is InChI=1S/C24H20F2N2O2S/c25-19-10-11-21(20(26)14-19)27-23(30)17-6-8-18(9-7-17)24-28(22(29)15-31-24)13-12-16-4-2-1-3-5-16/h1-11,14,24H,12-13,15H2,(H,27,30)/t24-/m1/s1. The topological polar surface area (TPSA) is 49.4 Å². The maximum absolute atomic E-state index is 13.8. The van der Waals surface area contributed by atoms with Gasteiger partial charge in [-0.3, -0.25) is 9.59 Å². The number of carbonyl (C=O) groups excluding carboxylic acids is 2. The number of nitrogens with one attached hydrogen (secondary N) is 1. The molecule has 1 fully saturated rings. The molecule has 1 N–H and O–H groups in total. The van der Waals surface area contributed by atoms with Gasteiger partial charge in [0.15, 0.2) is 0 Å². The van der Waals surface area contributed by atoms with Gasteiger partial charge in [-0.2, -0.15) is 0 Å². The van der Waals surface area contributed by atoms with E-state index in [0.29, 0.717) is 17.9 Å². The molecule has 1 aliphatic rings. The minimum Gasteiger partial charge on any atom is -0.326 e. The lowest BCUT2D eigenvalue weighted by atomic mass is 10.1. The average molecular weight is 438 g/mol. The number of hydrogen-bond acceptors (Lipinski definition) is 3. The van der Waals surface area contributed by atoms with Crippen LogP contribution in [0.4, 0.5) is 14.5 Å². The van der Waals surface area contributed by atoms with E-state index >= 15 is 0 Å². The molecule has 3 aromatic rings. The van der Waals surface area contributed by atoms with E-state index in [0.717, 1.165) is 24.1 Å². The van der Waals surface area contributed by atoms with E-state index in [9.17, 15) is 18.4 Å². The number of anilines is 1. The summed E-state index contributed by atoms with van der Waals surface area (Å²) in [4.78, 5) is 26.7. The summed E-state index contributed by atoms with van der Waals surface area (Å²) >= 11 is 1.56. The van der Waals surface area contributed by atoms with Crippen molar-refractivity contribution in [2.45, 2.75) is 11.8 Å². The highest BCUT2D eigenvalue weighted by Crippen LogP contribution is 2.38. The van der Waals surface area contributed by atoms with Gasteiger partial charge in [0, 0.05) is 18.2 Å². The molecular weight excluding hydrogens is 418 g/mol. The van der Waals surface area contributed by atoms with Crippen LogP contribution in [0, 0.1) is 11.6 Å². The molecule has 0 bridgehead atoms. The van der Waals surface area contributed by atoms with Gasteiger partial charge in [0.2, 0.25) is 5.91 Å². The van der Waals surface area contributed by atoms with Crippen molar-refractivity contribution in [2.24, 2.45) is 0 Å². The molecule has 0 aliphatic carbocycles. The van der Waals surface area contributed by atoms with E-state index in [1.54, 1.807) is 23.9 Å². The summed E-state index contributed by atoms with van der Waals surface area (Å²) in [6.45, 7) is 0.618. The molecular formula is C24H20F2N2O2S. The third-order valence-corrected chi connectivity index (χ3v) is 6.35. The predicted octanol–water partition coefficient (Wildman–Crippen LogP) is 5.03. The lowest BCUT2D eigenvalue weighted by Gasteiger charge is -2.24. The summed E-state index contributed by atoms with van der Waals surface area (Å²) in [5.41, 5.74) is 2.36. The second-order valence-electron chi connectivity index (χ2n) is 7.19. The van der Waals surface area contributed by atoms with Crippen LogP contribution in [0.3, 0.4) is 0 Å². The number of hydrogen-bond donors (Lipinski definition) is 1. The Labute approximate surface area is 183 Å². The molecule has 158 valence electrons. The number of benzene rings is 3. The number of rotatable bonds is 6. The highest BCUT2D eigenvalue weighted by Gasteiger charge is 2.32. The van der Waals surface area contributed by atoms with Gasteiger partial charge in [-0.15, -0.1) is 11.8 Å². The molecule has 0 aromatic heterocycles. The fraction of sp³-hybridized carbons (Fsp3) is 0.167. The zero-order valence-corrected chi connectivity index (χ0v) is 17.4. The van der Waals surface area contributed by atoms with Crippen LogP contribution in [0.25, 0.3) is 0 Å².